The number of Topliss-reactive ketones (excluding diaryl/α,β-unsaturated/α-hetero) is 1. The number of nitrogens with zero attached hydrogens (tertiary/aromatic N) is 3. The van der Waals surface area contributed by atoms with Crippen LogP contribution in [0.15, 0.2) is 42.1 Å². The van der Waals surface area contributed by atoms with Gasteiger partial charge in [-0.15, -0.1) is 0 Å². The first-order valence-electron chi connectivity index (χ1n) is 6.60. The molecule has 1 heterocycles. The van der Waals surface area contributed by atoms with E-state index in [-0.39, 0.29) is 17.3 Å². The van der Waals surface area contributed by atoms with Crippen molar-refractivity contribution in [3.05, 3.63) is 47.7 Å². The molecule has 4 nitrogen and oxygen atoms in total. The minimum Gasteiger partial charge on any atom is -0.376 e. The van der Waals surface area contributed by atoms with Crippen molar-refractivity contribution < 1.29 is 4.79 Å². The molecule has 0 N–H and O–H groups in total. The molecule has 0 atom stereocenters. The van der Waals surface area contributed by atoms with Crippen molar-refractivity contribution >= 4 is 5.78 Å². The van der Waals surface area contributed by atoms with E-state index in [2.05, 4.69) is 0 Å². The Bertz CT molecular complexity index is 568. The Morgan fingerprint density at radius 1 is 1.15 bits per heavy atom. The van der Waals surface area contributed by atoms with Crippen LogP contribution >= 0.6 is 0 Å². The minimum absolute atomic E-state index is 0.0367. The average molecular weight is 265 g/mol. The molecule has 2 rings (SSSR count). The Balaban J connectivity index is 1.96. The second-order valence-corrected chi connectivity index (χ2v) is 4.81. The fourth-order valence-electron chi connectivity index (χ4n) is 2.39. The van der Waals surface area contributed by atoms with E-state index in [1.165, 1.54) is 0 Å². The summed E-state index contributed by atoms with van der Waals surface area (Å²) in [7, 11) is 0. The molecule has 0 aromatic heterocycles. The number of carbonyl (C=O) groups is 1. The Hall–Kier alpha value is -2.59. The molecule has 0 aliphatic carbocycles. The number of rotatable bonds is 3. The van der Waals surface area contributed by atoms with Gasteiger partial charge in [-0.05, 0) is 12.8 Å². The lowest BCUT2D eigenvalue weighted by Gasteiger charge is -2.30. The van der Waals surface area contributed by atoms with Crippen molar-refractivity contribution in [3.63, 3.8) is 0 Å². The summed E-state index contributed by atoms with van der Waals surface area (Å²) < 4.78 is 0. The zero-order chi connectivity index (χ0) is 14.4. The molecule has 0 bridgehead atoms. The van der Waals surface area contributed by atoms with Crippen LogP contribution in [-0.2, 0) is 0 Å². The topological polar surface area (TPSA) is 67.9 Å². The first kappa shape index (κ1) is 13.8. The molecule has 0 unspecified atom stereocenters. The van der Waals surface area contributed by atoms with Crippen LogP contribution in [0.25, 0.3) is 0 Å². The molecule has 0 radical (unpaired) electrons. The second-order valence-electron chi connectivity index (χ2n) is 4.81. The summed E-state index contributed by atoms with van der Waals surface area (Å²) in [6.07, 6.45) is 3.10. The lowest BCUT2D eigenvalue weighted by Crippen LogP contribution is -2.33. The SMILES string of the molecule is N#CC(C#N)=CN1CCC(C(=O)c2ccccc2)CC1. The molecule has 1 aromatic carbocycles. The Morgan fingerprint density at radius 2 is 1.75 bits per heavy atom. The third kappa shape index (κ3) is 3.24. The van der Waals surface area contributed by atoms with Gasteiger partial charge in [-0.25, -0.2) is 0 Å². The van der Waals surface area contributed by atoms with E-state index in [4.69, 9.17) is 10.5 Å². The zero-order valence-electron chi connectivity index (χ0n) is 11.1. The van der Waals surface area contributed by atoms with Crippen LogP contribution in [0.3, 0.4) is 0 Å². The molecule has 1 aromatic rings. The highest BCUT2D eigenvalue weighted by atomic mass is 16.1. The van der Waals surface area contributed by atoms with Gasteiger partial charge in [0.1, 0.15) is 17.7 Å². The average Bonchev–Trinajstić information content (AvgIpc) is 2.53. The number of hydrogen-bond acceptors (Lipinski definition) is 4. The maximum absolute atomic E-state index is 12.3. The summed E-state index contributed by atoms with van der Waals surface area (Å²) in [5.74, 6) is 0.227. The van der Waals surface area contributed by atoms with Crippen molar-refractivity contribution in [2.45, 2.75) is 12.8 Å². The van der Waals surface area contributed by atoms with Crippen molar-refractivity contribution in [1.82, 2.24) is 4.90 Å². The van der Waals surface area contributed by atoms with E-state index < -0.39 is 0 Å². The van der Waals surface area contributed by atoms with Gasteiger partial charge in [0.05, 0.1) is 0 Å². The number of allylic oxidation sites excluding steroid dienone is 1. The van der Waals surface area contributed by atoms with Crippen LogP contribution in [0.5, 0.6) is 0 Å². The standard InChI is InChI=1S/C16H15N3O/c17-10-13(11-18)12-19-8-6-15(7-9-19)16(20)14-4-2-1-3-5-14/h1-5,12,15H,6-9H2. The molecular formula is C16H15N3O. The van der Waals surface area contributed by atoms with Crippen LogP contribution in [0.4, 0.5) is 0 Å². The van der Waals surface area contributed by atoms with Crippen molar-refractivity contribution in [2.75, 3.05) is 13.1 Å². The zero-order valence-corrected chi connectivity index (χ0v) is 11.1. The molecule has 20 heavy (non-hydrogen) atoms. The highest BCUT2D eigenvalue weighted by Gasteiger charge is 2.24. The quantitative estimate of drug-likeness (QED) is 0.622. The number of nitriles is 2. The Labute approximate surface area is 118 Å². The van der Waals surface area contributed by atoms with Gasteiger partial charge in [-0.3, -0.25) is 4.79 Å². The predicted octanol–water partition coefficient (Wildman–Crippen LogP) is 2.51. The summed E-state index contributed by atoms with van der Waals surface area (Å²) >= 11 is 0. The fourth-order valence-corrected chi connectivity index (χ4v) is 2.39. The number of ketones is 1. The van der Waals surface area contributed by atoms with Gasteiger partial charge in [0.25, 0.3) is 0 Å². The monoisotopic (exact) mass is 265 g/mol. The fraction of sp³-hybridized carbons (Fsp3) is 0.312. The van der Waals surface area contributed by atoms with Gasteiger partial charge in [0.15, 0.2) is 5.78 Å². The lowest BCUT2D eigenvalue weighted by molar-refractivity contribution is 0.0865. The first-order chi connectivity index (χ1) is 9.74. The molecule has 0 saturated carbocycles. The van der Waals surface area contributed by atoms with Crippen LogP contribution in [0.2, 0.25) is 0 Å². The van der Waals surface area contributed by atoms with Crippen LogP contribution in [-0.4, -0.2) is 23.8 Å². The summed E-state index contributed by atoms with van der Waals surface area (Å²) in [6.45, 7) is 1.41. The van der Waals surface area contributed by atoms with E-state index in [9.17, 15) is 4.79 Å². The van der Waals surface area contributed by atoms with Crippen LogP contribution in [0.1, 0.15) is 23.2 Å². The van der Waals surface area contributed by atoms with Crippen LogP contribution < -0.4 is 0 Å². The summed E-state index contributed by atoms with van der Waals surface area (Å²) in [5.41, 5.74) is 0.870. The van der Waals surface area contributed by atoms with E-state index >= 15 is 0 Å². The van der Waals surface area contributed by atoms with Gasteiger partial charge >= 0.3 is 0 Å². The third-order valence-corrected chi connectivity index (χ3v) is 3.51. The number of likely N-dealkylation sites (tertiary alicyclic amines) is 1. The van der Waals surface area contributed by atoms with E-state index in [1.807, 2.05) is 47.4 Å². The number of hydrogen-bond donors (Lipinski definition) is 0. The molecule has 0 spiro atoms. The first-order valence-corrected chi connectivity index (χ1v) is 6.60. The van der Waals surface area contributed by atoms with E-state index in [1.54, 1.807) is 6.20 Å². The largest absolute Gasteiger partial charge is 0.376 e. The Morgan fingerprint density at radius 3 is 2.30 bits per heavy atom. The maximum atomic E-state index is 12.3. The number of piperidine rings is 1. The molecule has 0 amide bonds. The van der Waals surface area contributed by atoms with Crippen LogP contribution in [0, 0.1) is 28.6 Å². The molecular weight excluding hydrogens is 250 g/mol. The lowest BCUT2D eigenvalue weighted by atomic mass is 9.89. The van der Waals surface area contributed by atoms with E-state index in [0.717, 1.165) is 18.4 Å². The van der Waals surface area contributed by atoms with Gasteiger partial charge in [-0.2, -0.15) is 10.5 Å². The number of benzene rings is 1. The molecule has 1 aliphatic rings. The smallest absolute Gasteiger partial charge is 0.166 e. The van der Waals surface area contributed by atoms with Gasteiger partial charge in [-0.1, -0.05) is 30.3 Å². The molecule has 1 saturated heterocycles. The van der Waals surface area contributed by atoms with Crippen molar-refractivity contribution in [1.29, 1.82) is 10.5 Å². The van der Waals surface area contributed by atoms with Gasteiger partial charge in [0, 0.05) is 30.8 Å². The molecule has 4 heteroatoms. The summed E-state index contributed by atoms with van der Waals surface area (Å²) in [6, 6.07) is 13.0. The Kier molecular flexibility index (Phi) is 4.52. The van der Waals surface area contributed by atoms with Crippen molar-refractivity contribution in [3.8, 4) is 12.1 Å². The minimum atomic E-state index is 0.0367. The second kappa shape index (κ2) is 6.54. The van der Waals surface area contributed by atoms with Gasteiger partial charge in [0.2, 0.25) is 0 Å². The molecule has 1 fully saturated rings. The maximum Gasteiger partial charge on any atom is 0.166 e. The summed E-state index contributed by atoms with van der Waals surface area (Å²) in [4.78, 5) is 14.2. The highest BCUT2D eigenvalue weighted by Crippen LogP contribution is 2.22. The normalized spacial score (nSPS) is 15.0. The molecule has 1 aliphatic heterocycles. The number of carbonyl (C=O) groups excluding carboxylic acids is 1. The van der Waals surface area contributed by atoms with E-state index in [0.29, 0.717) is 13.1 Å². The highest BCUT2D eigenvalue weighted by molar-refractivity contribution is 5.97. The summed E-state index contributed by atoms with van der Waals surface area (Å²) in [5, 5.41) is 17.4. The molecule has 100 valence electrons. The van der Waals surface area contributed by atoms with Crippen molar-refractivity contribution in [2.24, 2.45) is 5.92 Å². The van der Waals surface area contributed by atoms with Gasteiger partial charge < -0.3 is 4.90 Å². The third-order valence-electron chi connectivity index (χ3n) is 3.51. The predicted molar refractivity (Wildman–Crippen MR) is 74.4 cm³/mol.